The molecule has 0 aliphatic rings. The Bertz CT molecular complexity index is 436. The first kappa shape index (κ1) is 9.74. The third kappa shape index (κ3) is 1.57. The molecular weight excluding hydrogens is 242 g/mol. The van der Waals surface area contributed by atoms with E-state index in [0.29, 0.717) is 0 Å². The molecule has 0 aliphatic carbocycles. The number of alkyl halides is 1. The number of furan rings is 1. The number of rotatable bonds is 2. The molecule has 74 valence electrons. The van der Waals surface area contributed by atoms with Gasteiger partial charge < -0.3 is 4.42 Å². The van der Waals surface area contributed by atoms with E-state index in [-0.39, 0.29) is 4.95 Å². The van der Waals surface area contributed by atoms with Crippen LogP contribution >= 0.6 is 15.9 Å². The van der Waals surface area contributed by atoms with E-state index in [4.69, 9.17) is 4.42 Å². The van der Waals surface area contributed by atoms with Crippen LogP contribution in [-0.2, 0) is 0 Å². The zero-order valence-corrected chi connectivity index (χ0v) is 9.78. The number of hydrogen-bond acceptors (Lipinski definition) is 2. The van der Waals surface area contributed by atoms with Crippen LogP contribution in [0.4, 0.5) is 0 Å². The van der Waals surface area contributed by atoms with Crippen LogP contribution < -0.4 is 0 Å². The number of hydrogen-bond donors (Lipinski definition) is 0. The van der Waals surface area contributed by atoms with Crippen LogP contribution in [0.1, 0.15) is 10.5 Å². The van der Waals surface area contributed by atoms with Crippen LogP contribution in [0.3, 0.4) is 0 Å². The molecule has 14 heavy (non-hydrogen) atoms. The molecule has 1 aromatic carbocycles. The van der Waals surface area contributed by atoms with Gasteiger partial charge in [0.05, 0.1) is 11.2 Å². The van der Waals surface area contributed by atoms with Gasteiger partial charge in [0.25, 0.3) is 0 Å². The number of para-hydroxylation sites is 1. The lowest BCUT2D eigenvalue weighted by Crippen LogP contribution is -2.13. The van der Waals surface area contributed by atoms with Crippen molar-refractivity contribution in [2.24, 2.45) is 0 Å². The molecule has 2 rings (SSSR count). The van der Waals surface area contributed by atoms with E-state index in [0.717, 1.165) is 5.58 Å². The lowest BCUT2D eigenvalue weighted by atomic mass is 10.2. The van der Waals surface area contributed by atoms with Gasteiger partial charge in [-0.1, -0.05) is 34.1 Å². The SMILES string of the molecule is CN(C)C(Br)c1coc2ccccc12. The van der Waals surface area contributed by atoms with Crippen LogP contribution in [-0.4, -0.2) is 19.0 Å². The van der Waals surface area contributed by atoms with E-state index in [1.54, 1.807) is 0 Å². The monoisotopic (exact) mass is 253 g/mol. The molecule has 0 saturated carbocycles. The van der Waals surface area contributed by atoms with E-state index < -0.39 is 0 Å². The summed E-state index contributed by atoms with van der Waals surface area (Å²) in [4.78, 5) is 2.29. The predicted octanol–water partition coefficient (Wildman–Crippen LogP) is 3.39. The van der Waals surface area contributed by atoms with Gasteiger partial charge in [0.15, 0.2) is 0 Å². The highest BCUT2D eigenvalue weighted by Gasteiger charge is 2.15. The Morgan fingerprint density at radius 1 is 1.29 bits per heavy atom. The minimum Gasteiger partial charge on any atom is -0.464 e. The molecule has 0 aliphatic heterocycles. The summed E-state index contributed by atoms with van der Waals surface area (Å²) in [6.45, 7) is 0. The number of fused-ring (bicyclic) bond motifs is 1. The van der Waals surface area contributed by atoms with Crippen LogP contribution in [0, 0.1) is 0 Å². The Balaban J connectivity index is 2.53. The molecule has 3 heteroatoms. The largest absolute Gasteiger partial charge is 0.464 e. The van der Waals surface area contributed by atoms with Crippen molar-refractivity contribution in [2.75, 3.05) is 14.1 Å². The van der Waals surface area contributed by atoms with Gasteiger partial charge in [-0.05, 0) is 20.2 Å². The third-order valence-electron chi connectivity index (χ3n) is 2.22. The first-order valence-electron chi connectivity index (χ1n) is 4.47. The highest BCUT2D eigenvalue weighted by Crippen LogP contribution is 2.32. The molecule has 0 fully saturated rings. The second-order valence-corrected chi connectivity index (χ2v) is 4.35. The minimum absolute atomic E-state index is 0.200. The highest BCUT2D eigenvalue weighted by molar-refractivity contribution is 9.09. The Kier molecular flexibility index (Phi) is 2.61. The zero-order chi connectivity index (χ0) is 10.1. The summed E-state index contributed by atoms with van der Waals surface area (Å²) in [6, 6.07) is 8.06. The fourth-order valence-corrected chi connectivity index (χ4v) is 1.82. The predicted molar refractivity (Wildman–Crippen MR) is 61.6 cm³/mol. The van der Waals surface area contributed by atoms with E-state index in [9.17, 15) is 0 Å². The van der Waals surface area contributed by atoms with Gasteiger partial charge in [0.2, 0.25) is 0 Å². The van der Waals surface area contributed by atoms with Crippen molar-refractivity contribution in [3.8, 4) is 0 Å². The van der Waals surface area contributed by atoms with Gasteiger partial charge in [-0.25, -0.2) is 0 Å². The van der Waals surface area contributed by atoms with E-state index in [2.05, 4.69) is 26.9 Å². The van der Waals surface area contributed by atoms with Gasteiger partial charge >= 0.3 is 0 Å². The van der Waals surface area contributed by atoms with Crippen molar-refractivity contribution in [1.29, 1.82) is 0 Å². The first-order valence-corrected chi connectivity index (χ1v) is 5.38. The summed E-state index contributed by atoms with van der Waals surface area (Å²) in [6.07, 6.45) is 1.81. The third-order valence-corrected chi connectivity index (χ3v) is 3.53. The fraction of sp³-hybridized carbons (Fsp3) is 0.273. The number of halogens is 1. The zero-order valence-electron chi connectivity index (χ0n) is 8.20. The van der Waals surface area contributed by atoms with E-state index >= 15 is 0 Å². The van der Waals surface area contributed by atoms with Crippen molar-refractivity contribution in [1.82, 2.24) is 4.90 Å². The van der Waals surface area contributed by atoms with Gasteiger partial charge in [-0.3, -0.25) is 4.90 Å². The minimum atomic E-state index is 0.200. The normalized spacial score (nSPS) is 13.7. The van der Waals surface area contributed by atoms with Crippen molar-refractivity contribution >= 4 is 26.9 Å². The Morgan fingerprint density at radius 2 is 2.00 bits per heavy atom. The molecule has 1 aromatic heterocycles. The highest BCUT2D eigenvalue weighted by atomic mass is 79.9. The second kappa shape index (κ2) is 3.75. The molecule has 1 heterocycles. The van der Waals surface area contributed by atoms with Crippen molar-refractivity contribution in [2.45, 2.75) is 4.95 Å². The van der Waals surface area contributed by atoms with E-state index in [1.165, 1.54) is 10.9 Å². The van der Waals surface area contributed by atoms with Crippen molar-refractivity contribution in [3.63, 3.8) is 0 Å². The first-order chi connectivity index (χ1) is 6.70. The van der Waals surface area contributed by atoms with Crippen LogP contribution in [0.5, 0.6) is 0 Å². The van der Waals surface area contributed by atoms with Gasteiger partial charge in [-0.2, -0.15) is 0 Å². The maximum absolute atomic E-state index is 5.46. The Labute approximate surface area is 91.6 Å². The summed E-state index contributed by atoms with van der Waals surface area (Å²) in [5.74, 6) is 0. The van der Waals surface area contributed by atoms with Gasteiger partial charge in [-0.15, -0.1) is 0 Å². The smallest absolute Gasteiger partial charge is 0.134 e. The van der Waals surface area contributed by atoms with Crippen LogP contribution in [0.25, 0.3) is 11.0 Å². The molecular formula is C11H12BrNO. The van der Waals surface area contributed by atoms with E-state index in [1.807, 2.05) is 38.6 Å². The average molecular weight is 254 g/mol. The maximum atomic E-state index is 5.46. The molecule has 0 bridgehead atoms. The summed E-state index contributed by atoms with van der Waals surface area (Å²) < 4.78 is 5.46. The van der Waals surface area contributed by atoms with Gasteiger partial charge in [0.1, 0.15) is 5.58 Å². The van der Waals surface area contributed by atoms with Gasteiger partial charge in [0, 0.05) is 10.9 Å². The molecule has 0 radical (unpaired) electrons. The Morgan fingerprint density at radius 3 is 2.71 bits per heavy atom. The molecule has 0 N–H and O–H groups in total. The molecule has 0 amide bonds. The Hall–Kier alpha value is -0.800. The van der Waals surface area contributed by atoms with Crippen LogP contribution in [0.15, 0.2) is 34.9 Å². The van der Waals surface area contributed by atoms with Crippen molar-refractivity contribution in [3.05, 3.63) is 36.1 Å². The number of nitrogens with zero attached hydrogens (tertiary/aromatic N) is 1. The summed E-state index contributed by atoms with van der Waals surface area (Å²) in [7, 11) is 4.06. The molecule has 0 spiro atoms. The molecule has 1 unspecified atom stereocenters. The summed E-state index contributed by atoms with van der Waals surface area (Å²) in [5, 5.41) is 1.17. The topological polar surface area (TPSA) is 16.4 Å². The molecule has 2 nitrogen and oxygen atoms in total. The summed E-state index contributed by atoms with van der Waals surface area (Å²) >= 11 is 3.62. The standard InChI is InChI=1S/C11H12BrNO/c1-13(2)11(12)9-7-14-10-6-4-3-5-8(9)10/h3-7,11H,1-2H3. The lowest BCUT2D eigenvalue weighted by Gasteiger charge is -2.16. The average Bonchev–Trinajstić information content (AvgIpc) is 2.60. The quantitative estimate of drug-likeness (QED) is 0.603. The van der Waals surface area contributed by atoms with Crippen molar-refractivity contribution < 1.29 is 4.42 Å². The summed E-state index contributed by atoms with van der Waals surface area (Å²) in [5.41, 5.74) is 2.11. The number of benzene rings is 1. The molecule has 1 atom stereocenters. The molecule has 2 aromatic rings. The lowest BCUT2D eigenvalue weighted by molar-refractivity contribution is 0.396. The van der Waals surface area contributed by atoms with Crippen LogP contribution in [0.2, 0.25) is 0 Å². The maximum Gasteiger partial charge on any atom is 0.134 e. The second-order valence-electron chi connectivity index (χ2n) is 3.49. The molecule has 0 saturated heterocycles. The fourth-order valence-electron chi connectivity index (χ4n) is 1.46.